The lowest BCUT2D eigenvalue weighted by molar-refractivity contribution is -0.384. The number of benzene rings is 1. The molecule has 90 valence electrons. The summed E-state index contributed by atoms with van der Waals surface area (Å²) in [6, 6.07) is 1.85. The van der Waals surface area contributed by atoms with Crippen LogP contribution in [0, 0.1) is 10.1 Å². The van der Waals surface area contributed by atoms with Gasteiger partial charge in [-0.3, -0.25) is 15.1 Å². The number of nitrogens with two attached hydrogens (primary N) is 1. The van der Waals surface area contributed by atoms with E-state index in [-0.39, 0.29) is 16.8 Å². The van der Waals surface area contributed by atoms with Crippen molar-refractivity contribution < 1.29 is 4.92 Å². The lowest BCUT2D eigenvalue weighted by Gasteiger charge is -2.28. The standard InChI is InChI=1S/C11H12BrN3O2/c1-11(2)5-14-4-6-7(11)3-8(12)9(13)10(6)15(16)17/h3-4H,5,13H2,1-2H3. The number of fused-ring (bicyclic) bond motifs is 1. The fourth-order valence-electron chi connectivity index (χ4n) is 2.01. The number of halogens is 1. The summed E-state index contributed by atoms with van der Waals surface area (Å²) >= 11 is 3.27. The monoisotopic (exact) mass is 297 g/mol. The van der Waals surface area contributed by atoms with Crippen LogP contribution in [0.1, 0.15) is 25.0 Å². The summed E-state index contributed by atoms with van der Waals surface area (Å²) < 4.78 is 0.561. The summed E-state index contributed by atoms with van der Waals surface area (Å²) in [6.07, 6.45) is 1.54. The maximum absolute atomic E-state index is 11.1. The van der Waals surface area contributed by atoms with Gasteiger partial charge in [-0.15, -0.1) is 0 Å². The first-order valence-electron chi connectivity index (χ1n) is 5.11. The van der Waals surface area contributed by atoms with Gasteiger partial charge >= 0.3 is 5.69 Å². The van der Waals surface area contributed by atoms with Crippen LogP contribution in [0.5, 0.6) is 0 Å². The fourth-order valence-corrected chi connectivity index (χ4v) is 2.42. The molecule has 0 spiro atoms. The zero-order valence-corrected chi connectivity index (χ0v) is 11.1. The number of anilines is 1. The summed E-state index contributed by atoms with van der Waals surface area (Å²) in [5.41, 5.74) is 7.04. The molecule has 17 heavy (non-hydrogen) atoms. The average Bonchev–Trinajstić information content (AvgIpc) is 2.20. The second kappa shape index (κ2) is 3.80. The summed E-state index contributed by atoms with van der Waals surface area (Å²) in [7, 11) is 0. The maximum atomic E-state index is 11.1. The van der Waals surface area contributed by atoms with Gasteiger partial charge < -0.3 is 5.73 Å². The molecule has 0 radical (unpaired) electrons. The largest absolute Gasteiger partial charge is 0.392 e. The number of nitrogen functional groups attached to an aromatic ring is 1. The van der Waals surface area contributed by atoms with E-state index in [1.807, 2.05) is 19.9 Å². The van der Waals surface area contributed by atoms with Crippen molar-refractivity contribution in [3.8, 4) is 0 Å². The topological polar surface area (TPSA) is 81.5 Å². The van der Waals surface area contributed by atoms with Crippen LogP contribution in [0.4, 0.5) is 11.4 Å². The molecular formula is C11H12BrN3O2. The van der Waals surface area contributed by atoms with E-state index in [0.29, 0.717) is 16.6 Å². The van der Waals surface area contributed by atoms with E-state index in [1.165, 1.54) is 0 Å². The summed E-state index contributed by atoms with van der Waals surface area (Å²) in [5.74, 6) is 0. The first kappa shape index (κ1) is 12.0. The van der Waals surface area contributed by atoms with Crippen LogP contribution in [0.25, 0.3) is 0 Å². The molecule has 0 saturated heterocycles. The Morgan fingerprint density at radius 2 is 2.24 bits per heavy atom. The minimum absolute atomic E-state index is 0.0640. The Bertz CT molecular complexity index is 538. The Morgan fingerprint density at radius 3 is 2.82 bits per heavy atom. The van der Waals surface area contributed by atoms with E-state index in [1.54, 1.807) is 6.21 Å². The van der Waals surface area contributed by atoms with Crippen LogP contribution >= 0.6 is 15.9 Å². The van der Waals surface area contributed by atoms with Gasteiger partial charge in [0.25, 0.3) is 0 Å². The lowest BCUT2D eigenvalue weighted by Crippen LogP contribution is -2.27. The predicted octanol–water partition coefficient (Wildman–Crippen LogP) is 2.65. The van der Waals surface area contributed by atoms with Crippen LogP contribution in [0.2, 0.25) is 0 Å². The van der Waals surface area contributed by atoms with E-state index in [2.05, 4.69) is 20.9 Å². The molecule has 0 bridgehead atoms. The highest BCUT2D eigenvalue weighted by atomic mass is 79.9. The summed E-state index contributed by atoms with van der Waals surface area (Å²) in [5, 5.41) is 11.1. The molecule has 1 aromatic carbocycles. The molecule has 6 heteroatoms. The van der Waals surface area contributed by atoms with E-state index < -0.39 is 4.92 Å². The number of nitro groups is 1. The molecule has 0 aromatic heterocycles. The zero-order chi connectivity index (χ0) is 12.8. The summed E-state index contributed by atoms with van der Waals surface area (Å²) in [4.78, 5) is 14.8. The molecule has 1 heterocycles. The average molecular weight is 298 g/mol. The number of nitro benzene ring substituents is 1. The van der Waals surface area contributed by atoms with Gasteiger partial charge in [0, 0.05) is 22.6 Å². The quantitative estimate of drug-likeness (QED) is 0.491. The van der Waals surface area contributed by atoms with Gasteiger partial charge in [0.1, 0.15) is 5.69 Å². The van der Waals surface area contributed by atoms with Crippen molar-refractivity contribution in [2.24, 2.45) is 4.99 Å². The third-order valence-corrected chi connectivity index (χ3v) is 3.60. The normalized spacial score (nSPS) is 16.6. The SMILES string of the molecule is CC1(C)CN=Cc2c1cc(Br)c(N)c2[N+](=O)[O-]. The van der Waals surface area contributed by atoms with Gasteiger partial charge in [-0.05, 0) is 27.6 Å². The van der Waals surface area contributed by atoms with E-state index in [0.717, 1.165) is 5.56 Å². The van der Waals surface area contributed by atoms with Gasteiger partial charge in [0.15, 0.2) is 0 Å². The van der Waals surface area contributed by atoms with Crippen molar-refractivity contribution >= 4 is 33.5 Å². The number of nitrogens with zero attached hydrogens (tertiary/aromatic N) is 2. The third-order valence-electron chi connectivity index (χ3n) is 2.95. The molecule has 2 N–H and O–H groups in total. The summed E-state index contributed by atoms with van der Waals surface area (Å²) in [6.45, 7) is 4.64. The molecule has 5 nitrogen and oxygen atoms in total. The minimum Gasteiger partial charge on any atom is -0.392 e. The van der Waals surface area contributed by atoms with Crippen LogP contribution in [-0.4, -0.2) is 17.7 Å². The fraction of sp³-hybridized carbons (Fsp3) is 0.364. The zero-order valence-electron chi connectivity index (χ0n) is 9.53. The molecule has 0 saturated carbocycles. The van der Waals surface area contributed by atoms with Crippen molar-refractivity contribution in [2.45, 2.75) is 19.3 Å². The molecule has 0 unspecified atom stereocenters. The maximum Gasteiger partial charge on any atom is 0.302 e. The molecule has 1 aliphatic heterocycles. The second-order valence-electron chi connectivity index (χ2n) is 4.69. The van der Waals surface area contributed by atoms with Crippen LogP contribution in [0.3, 0.4) is 0 Å². The molecule has 0 fully saturated rings. The molecule has 1 aliphatic rings. The van der Waals surface area contributed by atoms with Gasteiger partial charge in [-0.2, -0.15) is 0 Å². The Balaban J connectivity index is 2.83. The highest BCUT2D eigenvalue weighted by Gasteiger charge is 2.33. The smallest absolute Gasteiger partial charge is 0.302 e. The Labute approximate surface area is 107 Å². The number of aliphatic imine (C=N–C) groups is 1. The van der Waals surface area contributed by atoms with E-state index >= 15 is 0 Å². The number of hydrogen-bond acceptors (Lipinski definition) is 4. The van der Waals surface area contributed by atoms with Gasteiger partial charge in [0.05, 0.1) is 10.5 Å². The predicted molar refractivity (Wildman–Crippen MR) is 70.7 cm³/mol. The van der Waals surface area contributed by atoms with Crippen LogP contribution in [-0.2, 0) is 5.41 Å². The van der Waals surface area contributed by atoms with Crippen LogP contribution < -0.4 is 5.73 Å². The van der Waals surface area contributed by atoms with E-state index in [4.69, 9.17) is 5.73 Å². The van der Waals surface area contributed by atoms with Crippen molar-refractivity contribution in [3.05, 3.63) is 31.8 Å². The molecule has 2 rings (SSSR count). The first-order valence-corrected chi connectivity index (χ1v) is 5.90. The van der Waals surface area contributed by atoms with Crippen molar-refractivity contribution in [3.63, 3.8) is 0 Å². The van der Waals surface area contributed by atoms with Crippen molar-refractivity contribution in [1.29, 1.82) is 0 Å². The first-order chi connectivity index (χ1) is 7.84. The number of rotatable bonds is 1. The third kappa shape index (κ3) is 1.82. The minimum atomic E-state index is -0.452. The Morgan fingerprint density at radius 1 is 1.59 bits per heavy atom. The molecule has 1 aromatic rings. The highest BCUT2D eigenvalue weighted by molar-refractivity contribution is 9.10. The van der Waals surface area contributed by atoms with Gasteiger partial charge in [0.2, 0.25) is 0 Å². The number of hydrogen-bond donors (Lipinski definition) is 1. The van der Waals surface area contributed by atoms with Crippen molar-refractivity contribution in [2.75, 3.05) is 12.3 Å². The van der Waals surface area contributed by atoms with Gasteiger partial charge in [-0.25, -0.2) is 0 Å². The molecule has 0 amide bonds. The lowest BCUT2D eigenvalue weighted by atomic mass is 9.79. The Hall–Kier alpha value is -1.43. The van der Waals surface area contributed by atoms with Crippen molar-refractivity contribution in [1.82, 2.24) is 0 Å². The van der Waals surface area contributed by atoms with Crippen LogP contribution in [0.15, 0.2) is 15.5 Å². The molecule has 0 atom stereocenters. The molecule has 0 aliphatic carbocycles. The highest BCUT2D eigenvalue weighted by Crippen LogP contribution is 2.41. The molecular weight excluding hydrogens is 286 g/mol. The second-order valence-corrected chi connectivity index (χ2v) is 5.55. The van der Waals surface area contributed by atoms with Gasteiger partial charge in [-0.1, -0.05) is 13.8 Å². The van der Waals surface area contributed by atoms with E-state index in [9.17, 15) is 10.1 Å². The Kier molecular flexibility index (Phi) is 2.69.